The molecule has 0 N–H and O–H groups in total. The summed E-state index contributed by atoms with van der Waals surface area (Å²) in [4.78, 5) is 10.3. The van der Waals surface area contributed by atoms with E-state index >= 15 is 0 Å². The lowest BCUT2D eigenvalue weighted by molar-refractivity contribution is -0.117. The maximum absolute atomic E-state index is 11.7. The van der Waals surface area contributed by atoms with Crippen molar-refractivity contribution in [2.45, 2.75) is 25.9 Å². The summed E-state index contributed by atoms with van der Waals surface area (Å²) in [7, 11) is 0. The summed E-state index contributed by atoms with van der Waals surface area (Å²) in [6.45, 7) is 1.31. The first-order valence-corrected chi connectivity index (χ1v) is 3.64. The molecule has 0 amide bonds. The minimum absolute atomic E-state index is 0.0354. The summed E-state index contributed by atoms with van der Waals surface area (Å²) in [5, 5.41) is -1.16. The molecule has 0 aromatic heterocycles. The Kier molecular flexibility index (Phi) is 4.31. The number of rotatable bonds is 3. The van der Waals surface area contributed by atoms with Gasteiger partial charge in [0.1, 0.15) is 10.8 Å². The van der Waals surface area contributed by atoms with Gasteiger partial charge < -0.3 is 4.79 Å². The van der Waals surface area contributed by atoms with Crippen molar-refractivity contribution in [1.29, 1.82) is 0 Å². The van der Waals surface area contributed by atoms with Crippen LogP contribution in [-0.4, -0.2) is 12.0 Å². The Balaban J connectivity index is 3.94. The molecule has 0 aliphatic heterocycles. The Morgan fingerprint density at radius 1 is 1.50 bits per heavy atom. The number of halogens is 4. The lowest BCUT2D eigenvalue weighted by Gasteiger charge is -2.02. The van der Waals surface area contributed by atoms with Crippen molar-refractivity contribution in [2.75, 3.05) is 0 Å². The van der Waals surface area contributed by atoms with Gasteiger partial charge in [-0.25, -0.2) is 0 Å². The number of carbonyl (C=O) groups excluding carboxylic acids is 1. The Hall–Kier alpha value is -0.510. The van der Waals surface area contributed by atoms with Gasteiger partial charge in [-0.2, -0.15) is 13.2 Å². The second-order valence-electron chi connectivity index (χ2n) is 2.29. The fraction of sp³-hybridized carbons (Fsp3) is 0.571. The highest BCUT2D eigenvalue weighted by Gasteiger charge is 2.31. The van der Waals surface area contributed by atoms with Crippen LogP contribution in [0.2, 0.25) is 0 Å². The van der Waals surface area contributed by atoms with Crippen molar-refractivity contribution in [2.24, 2.45) is 0 Å². The van der Waals surface area contributed by atoms with Gasteiger partial charge in [0.15, 0.2) is 0 Å². The van der Waals surface area contributed by atoms with Gasteiger partial charge in [0.2, 0.25) is 0 Å². The van der Waals surface area contributed by atoms with E-state index < -0.39 is 11.2 Å². The van der Waals surface area contributed by atoms with Gasteiger partial charge in [-0.3, -0.25) is 0 Å². The molecule has 0 atom stereocenters. The van der Waals surface area contributed by atoms with E-state index in [1.807, 2.05) is 0 Å². The summed E-state index contributed by atoms with van der Waals surface area (Å²) in [5.74, 6) is -0.155. The molecule has 0 aliphatic carbocycles. The van der Waals surface area contributed by atoms with Crippen LogP contribution in [0.5, 0.6) is 0 Å². The molecule has 1 nitrogen and oxygen atoms in total. The molecule has 0 saturated carbocycles. The number of alkyl halides is 3. The minimum atomic E-state index is -4.49. The average Bonchev–Trinajstić information content (AvgIpc) is 1.84. The van der Waals surface area contributed by atoms with Crippen molar-refractivity contribution in [3.8, 4) is 0 Å². The van der Waals surface area contributed by atoms with Crippen LogP contribution in [0.4, 0.5) is 13.2 Å². The van der Waals surface area contributed by atoms with Crippen LogP contribution in [0.1, 0.15) is 19.8 Å². The number of ketones is 1. The zero-order valence-electron chi connectivity index (χ0n) is 6.41. The SMILES string of the molecule is CC(=O)CC/C=C(\Cl)C(F)(F)F. The molecular formula is C7H8ClF3O. The van der Waals surface area contributed by atoms with Crippen LogP contribution < -0.4 is 0 Å². The van der Waals surface area contributed by atoms with E-state index in [1.165, 1.54) is 6.92 Å². The topological polar surface area (TPSA) is 17.1 Å². The summed E-state index contributed by atoms with van der Waals surface area (Å²) in [6, 6.07) is 0. The molecule has 5 heteroatoms. The molecule has 0 aromatic carbocycles. The highest BCUT2D eigenvalue weighted by Crippen LogP contribution is 2.28. The molecule has 0 unspecified atom stereocenters. The minimum Gasteiger partial charge on any atom is -0.300 e. The van der Waals surface area contributed by atoms with Gasteiger partial charge in [0, 0.05) is 6.42 Å². The predicted octanol–water partition coefficient (Wildman–Crippen LogP) is 3.04. The molecule has 0 aliphatic rings. The second kappa shape index (κ2) is 4.50. The standard InChI is InChI=1S/C7H8ClF3O/c1-5(12)3-2-4-6(8)7(9,10)11/h4H,2-3H2,1H3/b6-4-. The lowest BCUT2D eigenvalue weighted by Crippen LogP contribution is -2.06. The largest absolute Gasteiger partial charge is 0.426 e. The van der Waals surface area contributed by atoms with Crippen LogP contribution in [0.3, 0.4) is 0 Å². The third-order valence-electron chi connectivity index (χ3n) is 1.09. The molecule has 0 saturated heterocycles. The monoisotopic (exact) mass is 200 g/mol. The maximum atomic E-state index is 11.7. The van der Waals surface area contributed by atoms with Crippen LogP contribution in [0, 0.1) is 0 Å². The Morgan fingerprint density at radius 2 is 2.00 bits per heavy atom. The fourth-order valence-electron chi connectivity index (χ4n) is 0.518. The van der Waals surface area contributed by atoms with Crippen molar-refractivity contribution in [1.82, 2.24) is 0 Å². The molecule has 0 rings (SSSR count). The van der Waals surface area contributed by atoms with Gasteiger partial charge in [-0.15, -0.1) is 0 Å². The average molecular weight is 201 g/mol. The molecule has 0 fully saturated rings. The number of hydrogen-bond acceptors (Lipinski definition) is 1. The number of carbonyl (C=O) groups is 1. The molecule has 0 radical (unpaired) electrons. The normalized spacial score (nSPS) is 13.2. The molecule has 0 heterocycles. The summed E-state index contributed by atoms with van der Waals surface area (Å²) in [5.41, 5.74) is 0. The highest BCUT2D eigenvalue weighted by molar-refractivity contribution is 6.30. The van der Waals surface area contributed by atoms with E-state index in [0.29, 0.717) is 0 Å². The second-order valence-corrected chi connectivity index (χ2v) is 2.70. The van der Waals surface area contributed by atoms with E-state index in [4.69, 9.17) is 11.6 Å². The van der Waals surface area contributed by atoms with Crippen molar-refractivity contribution < 1.29 is 18.0 Å². The Morgan fingerprint density at radius 3 is 2.33 bits per heavy atom. The number of Topliss-reactive ketones (excluding diaryl/α,β-unsaturated/α-hetero) is 1. The number of hydrogen-bond donors (Lipinski definition) is 0. The first kappa shape index (κ1) is 11.5. The molecule has 12 heavy (non-hydrogen) atoms. The molecule has 0 bridgehead atoms. The van der Waals surface area contributed by atoms with E-state index in [0.717, 1.165) is 6.08 Å². The molecule has 70 valence electrons. The summed E-state index contributed by atoms with van der Waals surface area (Å²) >= 11 is 4.87. The van der Waals surface area contributed by atoms with Crippen molar-refractivity contribution >= 4 is 17.4 Å². The number of allylic oxidation sites excluding steroid dienone is 2. The molecule has 0 spiro atoms. The van der Waals surface area contributed by atoms with Crippen molar-refractivity contribution in [3.05, 3.63) is 11.1 Å². The fourth-order valence-corrected chi connectivity index (χ4v) is 0.627. The maximum Gasteiger partial charge on any atom is 0.426 e. The van der Waals surface area contributed by atoms with E-state index in [1.54, 1.807) is 0 Å². The summed E-state index contributed by atoms with van der Waals surface area (Å²) < 4.78 is 35.1. The Labute approximate surface area is 73.2 Å². The highest BCUT2D eigenvalue weighted by atomic mass is 35.5. The van der Waals surface area contributed by atoms with Gasteiger partial charge in [-0.1, -0.05) is 17.7 Å². The van der Waals surface area contributed by atoms with E-state index in [2.05, 4.69) is 0 Å². The first-order chi connectivity index (χ1) is 5.34. The van der Waals surface area contributed by atoms with E-state index in [9.17, 15) is 18.0 Å². The van der Waals surface area contributed by atoms with Crippen molar-refractivity contribution in [3.63, 3.8) is 0 Å². The third kappa shape index (κ3) is 5.18. The zero-order valence-corrected chi connectivity index (χ0v) is 7.17. The van der Waals surface area contributed by atoms with E-state index in [-0.39, 0.29) is 18.6 Å². The van der Waals surface area contributed by atoms with Crippen LogP contribution in [-0.2, 0) is 4.79 Å². The van der Waals surface area contributed by atoms with Crippen LogP contribution in [0.15, 0.2) is 11.1 Å². The molecular weight excluding hydrogens is 193 g/mol. The van der Waals surface area contributed by atoms with Gasteiger partial charge in [0.05, 0.1) is 0 Å². The first-order valence-electron chi connectivity index (χ1n) is 3.26. The predicted molar refractivity (Wildman–Crippen MR) is 39.9 cm³/mol. The smallest absolute Gasteiger partial charge is 0.300 e. The van der Waals surface area contributed by atoms with Gasteiger partial charge in [0.25, 0.3) is 0 Å². The van der Waals surface area contributed by atoms with Gasteiger partial charge in [-0.05, 0) is 13.3 Å². The van der Waals surface area contributed by atoms with Crippen LogP contribution >= 0.6 is 11.6 Å². The lowest BCUT2D eigenvalue weighted by atomic mass is 10.2. The van der Waals surface area contributed by atoms with Gasteiger partial charge >= 0.3 is 6.18 Å². The molecule has 0 aromatic rings. The summed E-state index contributed by atoms with van der Waals surface area (Å²) in [6.07, 6.45) is -3.55. The zero-order chi connectivity index (χ0) is 9.78. The quantitative estimate of drug-likeness (QED) is 0.684. The van der Waals surface area contributed by atoms with Crippen LogP contribution in [0.25, 0.3) is 0 Å². The Bertz CT molecular complexity index is 195. The third-order valence-corrected chi connectivity index (χ3v) is 1.46.